The maximum absolute atomic E-state index is 9.86. The average molecular weight is 274 g/mol. The van der Waals surface area contributed by atoms with Crippen molar-refractivity contribution in [1.29, 1.82) is 0 Å². The second kappa shape index (κ2) is 3.67. The van der Waals surface area contributed by atoms with Crippen molar-refractivity contribution in [3.8, 4) is 22.1 Å². The van der Waals surface area contributed by atoms with Crippen LogP contribution in [0.4, 0.5) is 0 Å². The Kier molecular flexibility index (Phi) is 2.08. The predicted octanol–water partition coefficient (Wildman–Crippen LogP) is 2.14. The number of phenols is 2. The van der Waals surface area contributed by atoms with E-state index < -0.39 is 0 Å². The van der Waals surface area contributed by atoms with Crippen LogP contribution < -0.4 is 0 Å². The van der Waals surface area contributed by atoms with Crippen LogP contribution in [-0.4, -0.2) is 30.0 Å². The largest absolute Gasteiger partial charge is 0.508 e. The fourth-order valence-corrected chi connectivity index (χ4v) is 2.92. The summed E-state index contributed by atoms with van der Waals surface area (Å²) in [5.74, 6) is 1.41. The summed E-state index contributed by atoms with van der Waals surface area (Å²) < 4.78 is 1.75. The third-order valence-electron chi connectivity index (χ3n) is 3.17. The molecule has 0 saturated heterocycles. The van der Waals surface area contributed by atoms with Crippen LogP contribution >= 0.6 is 11.3 Å². The van der Waals surface area contributed by atoms with Gasteiger partial charge in [0.1, 0.15) is 11.5 Å². The molecular weight excluding hydrogens is 264 g/mol. The highest BCUT2D eigenvalue weighted by Crippen LogP contribution is 2.40. The number of aromatic nitrogens is 4. The molecule has 1 fully saturated rings. The molecule has 3 aromatic rings. The van der Waals surface area contributed by atoms with E-state index in [0.717, 1.165) is 23.6 Å². The van der Waals surface area contributed by atoms with E-state index in [-0.39, 0.29) is 11.5 Å². The Morgan fingerprint density at radius 3 is 2.79 bits per heavy atom. The molecule has 1 aliphatic carbocycles. The summed E-state index contributed by atoms with van der Waals surface area (Å²) in [6.45, 7) is 0. The SMILES string of the molecule is Oc1ccc(-c2nn3c(C4CC4)nnc3s2)c(O)c1. The molecule has 0 bridgehead atoms. The quantitative estimate of drug-likeness (QED) is 0.748. The topological polar surface area (TPSA) is 83.5 Å². The van der Waals surface area contributed by atoms with Crippen molar-refractivity contribution >= 4 is 16.3 Å². The van der Waals surface area contributed by atoms with Crippen LogP contribution in [0.25, 0.3) is 15.5 Å². The van der Waals surface area contributed by atoms with Crippen LogP contribution in [0.5, 0.6) is 11.5 Å². The lowest BCUT2D eigenvalue weighted by Gasteiger charge is -2.00. The molecule has 1 saturated carbocycles. The molecule has 0 aliphatic heterocycles. The smallest absolute Gasteiger partial charge is 0.234 e. The second-order valence-corrected chi connectivity index (χ2v) is 5.59. The molecule has 19 heavy (non-hydrogen) atoms. The molecule has 2 heterocycles. The van der Waals surface area contributed by atoms with Gasteiger partial charge in [0, 0.05) is 12.0 Å². The Morgan fingerprint density at radius 2 is 2.05 bits per heavy atom. The van der Waals surface area contributed by atoms with E-state index >= 15 is 0 Å². The van der Waals surface area contributed by atoms with E-state index in [4.69, 9.17) is 0 Å². The molecular formula is C12H10N4O2S. The fourth-order valence-electron chi connectivity index (χ4n) is 2.04. The third-order valence-corrected chi connectivity index (χ3v) is 4.10. The first-order chi connectivity index (χ1) is 9.22. The molecule has 96 valence electrons. The number of nitrogens with zero attached hydrogens (tertiary/aromatic N) is 4. The molecule has 7 heteroatoms. The Balaban J connectivity index is 1.86. The van der Waals surface area contributed by atoms with Crippen LogP contribution in [0.2, 0.25) is 0 Å². The minimum Gasteiger partial charge on any atom is -0.508 e. The van der Waals surface area contributed by atoms with Crippen LogP contribution in [-0.2, 0) is 0 Å². The number of rotatable bonds is 2. The molecule has 0 unspecified atom stereocenters. The zero-order chi connectivity index (χ0) is 13.0. The number of hydrogen-bond donors (Lipinski definition) is 2. The summed E-state index contributed by atoms with van der Waals surface area (Å²) in [6, 6.07) is 4.48. The molecule has 2 aromatic heterocycles. The maximum atomic E-state index is 9.86. The summed E-state index contributed by atoms with van der Waals surface area (Å²) in [5.41, 5.74) is 0.593. The van der Waals surface area contributed by atoms with Crippen LogP contribution in [0.3, 0.4) is 0 Å². The van der Waals surface area contributed by atoms with Crippen molar-refractivity contribution in [2.75, 3.05) is 0 Å². The van der Waals surface area contributed by atoms with Gasteiger partial charge in [-0.15, -0.1) is 10.2 Å². The second-order valence-electron chi connectivity index (χ2n) is 4.64. The minimum atomic E-state index is 0.0120. The number of benzene rings is 1. The van der Waals surface area contributed by atoms with E-state index in [9.17, 15) is 10.2 Å². The Bertz CT molecular complexity index is 775. The van der Waals surface area contributed by atoms with Crippen molar-refractivity contribution < 1.29 is 10.2 Å². The van der Waals surface area contributed by atoms with Crippen LogP contribution in [0.1, 0.15) is 24.6 Å². The van der Waals surface area contributed by atoms with Crippen molar-refractivity contribution in [2.45, 2.75) is 18.8 Å². The molecule has 2 N–H and O–H groups in total. The van der Waals surface area contributed by atoms with Gasteiger partial charge in [-0.1, -0.05) is 11.3 Å². The van der Waals surface area contributed by atoms with Crippen LogP contribution in [0.15, 0.2) is 18.2 Å². The first-order valence-corrected chi connectivity index (χ1v) is 6.78. The van der Waals surface area contributed by atoms with E-state index in [1.807, 2.05) is 0 Å². The summed E-state index contributed by atoms with van der Waals surface area (Å²) in [6.07, 6.45) is 2.27. The molecule has 1 aromatic carbocycles. The van der Waals surface area contributed by atoms with Crippen molar-refractivity contribution in [3.05, 3.63) is 24.0 Å². The zero-order valence-corrected chi connectivity index (χ0v) is 10.6. The summed E-state index contributed by atoms with van der Waals surface area (Å²) >= 11 is 1.37. The molecule has 0 radical (unpaired) electrons. The zero-order valence-electron chi connectivity index (χ0n) is 9.82. The van der Waals surface area contributed by atoms with Crippen molar-refractivity contribution in [1.82, 2.24) is 19.8 Å². The van der Waals surface area contributed by atoms with Gasteiger partial charge in [0.2, 0.25) is 4.96 Å². The molecule has 6 nitrogen and oxygen atoms in total. The fraction of sp³-hybridized carbons (Fsp3) is 0.250. The highest BCUT2D eigenvalue weighted by Gasteiger charge is 2.30. The minimum absolute atomic E-state index is 0.0120. The normalized spacial score (nSPS) is 15.2. The van der Waals surface area contributed by atoms with Crippen LogP contribution in [0, 0.1) is 0 Å². The number of aromatic hydroxyl groups is 2. The van der Waals surface area contributed by atoms with Gasteiger partial charge in [0.25, 0.3) is 0 Å². The Labute approximate surface area is 112 Å². The summed E-state index contributed by atoms with van der Waals surface area (Å²) in [5, 5.41) is 32.6. The lowest BCUT2D eigenvalue weighted by Crippen LogP contribution is -1.93. The number of hydrogen-bond acceptors (Lipinski definition) is 6. The van der Waals surface area contributed by atoms with E-state index in [2.05, 4.69) is 15.3 Å². The lowest BCUT2D eigenvalue weighted by molar-refractivity contribution is 0.452. The van der Waals surface area contributed by atoms with Crippen molar-refractivity contribution in [3.63, 3.8) is 0 Å². The number of fused-ring (bicyclic) bond motifs is 1. The van der Waals surface area contributed by atoms with E-state index in [1.165, 1.54) is 23.5 Å². The van der Waals surface area contributed by atoms with Gasteiger partial charge in [0.05, 0.1) is 5.56 Å². The van der Waals surface area contributed by atoms with Gasteiger partial charge in [-0.3, -0.25) is 0 Å². The first-order valence-electron chi connectivity index (χ1n) is 5.97. The van der Waals surface area contributed by atoms with Gasteiger partial charge in [-0.05, 0) is 25.0 Å². The Morgan fingerprint density at radius 1 is 1.21 bits per heavy atom. The number of phenolic OH excluding ortho intramolecular Hbond substituents is 2. The highest BCUT2D eigenvalue weighted by atomic mass is 32.1. The monoisotopic (exact) mass is 274 g/mol. The Hall–Kier alpha value is -2.15. The first kappa shape index (κ1) is 10.7. The highest BCUT2D eigenvalue weighted by molar-refractivity contribution is 7.19. The predicted molar refractivity (Wildman–Crippen MR) is 69.4 cm³/mol. The molecule has 0 atom stereocenters. The van der Waals surface area contributed by atoms with Gasteiger partial charge < -0.3 is 10.2 Å². The molecule has 1 aliphatic rings. The maximum Gasteiger partial charge on any atom is 0.234 e. The van der Waals surface area contributed by atoms with Gasteiger partial charge in [-0.25, -0.2) is 0 Å². The lowest BCUT2D eigenvalue weighted by atomic mass is 10.2. The molecule has 0 spiro atoms. The van der Waals surface area contributed by atoms with E-state index in [1.54, 1.807) is 10.6 Å². The van der Waals surface area contributed by atoms with Gasteiger partial charge in [0.15, 0.2) is 10.8 Å². The standard InChI is InChI=1S/C12H10N4O2S/c17-7-3-4-8(9(18)5-7)11-15-16-10(6-1-2-6)13-14-12(16)19-11/h3-6,17-18H,1-2H2. The molecule has 4 rings (SSSR count). The van der Waals surface area contributed by atoms with E-state index in [0.29, 0.717) is 16.5 Å². The van der Waals surface area contributed by atoms with Gasteiger partial charge in [-0.2, -0.15) is 9.61 Å². The van der Waals surface area contributed by atoms with Gasteiger partial charge >= 0.3 is 0 Å². The third kappa shape index (κ3) is 1.66. The summed E-state index contributed by atoms with van der Waals surface area (Å²) in [4.78, 5) is 0.726. The summed E-state index contributed by atoms with van der Waals surface area (Å²) in [7, 11) is 0. The average Bonchev–Trinajstić information content (AvgIpc) is 2.99. The molecule has 0 amide bonds. The van der Waals surface area contributed by atoms with Crippen molar-refractivity contribution in [2.24, 2.45) is 0 Å².